The summed E-state index contributed by atoms with van der Waals surface area (Å²) in [5.41, 5.74) is 0.0453. The van der Waals surface area contributed by atoms with Gasteiger partial charge >= 0.3 is 0 Å². The van der Waals surface area contributed by atoms with E-state index in [9.17, 15) is 4.79 Å². The topological polar surface area (TPSA) is 29.1 Å². The lowest BCUT2D eigenvalue weighted by atomic mass is 9.49. The molecule has 0 atom stereocenters. The van der Waals surface area contributed by atoms with Crippen molar-refractivity contribution in [3.8, 4) is 0 Å². The van der Waals surface area contributed by atoms with E-state index in [1.807, 2.05) is 0 Å². The Hall–Kier alpha value is -0.530. The molecule has 96 valence electrons. The zero-order valence-electron chi connectivity index (χ0n) is 11.2. The Morgan fingerprint density at radius 1 is 1.12 bits per heavy atom. The number of hydrogen-bond acceptors (Lipinski definition) is 1. The van der Waals surface area contributed by atoms with E-state index in [0.29, 0.717) is 11.8 Å². The first kappa shape index (κ1) is 11.6. The molecule has 1 amide bonds. The van der Waals surface area contributed by atoms with Gasteiger partial charge < -0.3 is 5.32 Å². The average molecular weight is 235 g/mol. The molecule has 4 fully saturated rings. The highest BCUT2D eigenvalue weighted by Crippen LogP contribution is 2.60. The molecular weight excluding hydrogens is 210 g/mol. The maximum absolute atomic E-state index is 12.5. The van der Waals surface area contributed by atoms with Gasteiger partial charge in [0.1, 0.15) is 0 Å². The molecule has 0 radical (unpaired) electrons. The maximum Gasteiger partial charge on any atom is 0.226 e. The summed E-state index contributed by atoms with van der Waals surface area (Å²) in [6.07, 6.45) is 7.79. The van der Waals surface area contributed by atoms with Crippen LogP contribution in [0.3, 0.4) is 0 Å². The molecule has 0 spiro atoms. The van der Waals surface area contributed by atoms with Gasteiger partial charge in [0, 0.05) is 12.0 Å². The third-order valence-electron chi connectivity index (χ3n) is 5.19. The van der Waals surface area contributed by atoms with E-state index in [2.05, 4.69) is 19.2 Å². The van der Waals surface area contributed by atoms with Crippen LogP contribution in [-0.4, -0.2) is 12.5 Å². The lowest BCUT2D eigenvalue weighted by Crippen LogP contribution is -2.53. The summed E-state index contributed by atoms with van der Waals surface area (Å²) < 4.78 is 0. The van der Waals surface area contributed by atoms with Crippen LogP contribution in [0.25, 0.3) is 0 Å². The molecule has 0 aromatic rings. The second kappa shape index (κ2) is 4.00. The molecule has 0 heterocycles. The molecule has 0 aliphatic heterocycles. The minimum absolute atomic E-state index is 0.0453. The van der Waals surface area contributed by atoms with Crippen molar-refractivity contribution in [2.75, 3.05) is 6.54 Å². The van der Waals surface area contributed by atoms with Gasteiger partial charge in [0.05, 0.1) is 0 Å². The second-order valence-corrected chi connectivity index (χ2v) is 7.30. The lowest BCUT2D eigenvalue weighted by Gasteiger charge is -2.55. The SMILES string of the molecule is CC(C)CNC(=O)C12CC3CC(CC(C3)C1)C2. The largest absolute Gasteiger partial charge is 0.355 e. The van der Waals surface area contributed by atoms with Crippen molar-refractivity contribution in [3.63, 3.8) is 0 Å². The van der Waals surface area contributed by atoms with Gasteiger partial charge in [-0.15, -0.1) is 0 Å². The van der Waals surface area contributed by atoms with Crippen LogP contribution in [0.15, 0.2) is 0 Å². The van der Waals surface area contributed by atoms with Crippen LogP contribution in [-0.2, 0) is 4.79 Å². The van der Waals surface area contributed by atoms with Gasteiger partial charge in [0.2, 0.25) is 5.91 Å². The highest BCUT2D eigenvalue weighted by atomic mass is 16.2. The molecule has 2 nitrogen and oxygen atoms in total. The highest BCUT2D eigenvalue weighted by Gasteiger charge is 2.54. The van der Waals surface area contributed by atoms with Crippen molar-refractivity contribution in [1.82, 2.24) is 5.32 Å². The van der Waals surface area contributed by atoms with Crippen LogP contribution < -0.4 is 5.32 Å². The molecule has 0 aromatic heterocycles. The molecule has 4 rings (SSSR count). The molecule has 1 N–H and O–H groups in total. The monoisotopic (exact) mass is 235 g/mol. The molecule has 0 unspecified atom stereocenters. The molecule has 0 saturated heterocycles. The fourth-order valence-electron chi connectivity index (χ4n) is 4.87. The quantitative estimate of drug-likeness (QED) is 0.800. The highest BCUT2D eigenvalue weighted by molar-refractivity contribution is 5.83. The van der Waals surface area contributed by atoms with Crippen molar-refractivity contribution in [3.05, 3.63) is 0 Å². The molecule has 4 saturated carbocycles. The van der Waals surface area contributed by atoms with E-state index in [1.165, 1.54) is 38.5 Å². The Balaban J connectivity index is 1.71. The van der Waals surface area contributed by atoms with Crippen LogP contribution in [0.1, 0.15) is 52.4 Å². The van der Waals surface area contributed by atoms with E-state index in [0.717, 1.165) is 24.3 Å². The molecule has 2 heteroatoms. The Kier molecular flexibility index (Phi) is 2.72. The first-order valence-corrected chi connectivity index (χ1v) is 7.36. The second-order valence-electron chi connectivity index (χ2n) is 7.30. The number of rotatable bonds is 3. The summed E-state index contributed by atoms with van der Waals surface area (Å²) >= 11 is 0. The predicted molar refractivity (Wildman–Crippen MR) is 68.5 cm³/mol. The average Bonchev–Trinajstić information content (AvgIpc) is 2.23. The summed E-state index contributed by atoms with van der Waals surface area (Å²) in [4.78, 5) is 12.5. The summed E-state index contributed by atoms with van der Waals surface area (Å²) in [5.74, 6) is 3.54. The lowest BCUT2D eigenvalue weighted by molar-refractivity contribution is -0.146. The smallest absolute Gasteiger partial charge is 0.226 e. The first-order valence-electron chi connectivity index (χ1n) is 7.36. The van der Waals surface area contributed by atoms with Gasteiger partial charge in [-0.2, -0.15) is 0 Å². The van der Waals surface area contributed by atoms with Crippen LogP contribution in [0, 0.1) is 29.1 Å². The standard InChI is InChI=1S/C15H25NO/c1-10(2)9-16-14(17)15-6-11-3-12(7-15)5-13(4-11)8-15/h10-13H,3-9H2,1-2H3,(H,16,17). The van der Waals surface area contributed by atoms with Crippen LogP contribution >= 0.6 is 0 Å². The zero-order valence-corrected chi connectivity index (χ0v) is 11.2. The van der Waals surface area contributed by atoms with Gasteiger partial charge in [-0.25, -0.2) is 0 Å². The number of hydrogen-bond donors (Lipinski definition) is 1. The normalized spacial score (nSPS) is 43.1. The third kappa shape index (κ3) is 2.00. The number of carbonyl (C=O) groups excluding carboxylic acids is 1. The van der Waals surface area contributed by atoms with Crippen molar-refractivity contribution >= 4 is 5.91 Å². The number of carbonyl (C=O) groups is 1. The van der Waals surface area contributed by atoms with Crippen molar-refractivity contribution in [1.29, 1.82) is 0 Å². The van der Waals surface area contributed by atoms with E-state index in [4.69, 9.17) is 0 Å². The Morgan fingerprint density at radius 3 is 2.00 bits per heavy atom. The van der Waals surface area contributed by atoms with Crippen LogP contribution in [0.5, 0.6) is 0 Å². The van der Waals surface area contributed by atoms with Gasteiger partial charge in [0.25, 0.3) is 0 Å². The van der Waals surface area contributed by atoms with E-state index < -0.39 is 0 Å². The van der Waals surface area contributed by atoms with E-state index in [1.54, 1.807) is 0 Å². The minimum atomic E-state index is 0.0453. The maximum atomic E-state index is 12.5. The predicted octanol–water partition coefficient (Wildman–Crippen LogP) is 2.98. The Labute approximate surface area is 105 Å². The number of nitrogens with one attached hydrogen (secondary N) is 1. The van der Waals surface area contributed by atoms with Crippen molar-refractivity contribution < 1.29 is 4.79 Å². The van der Waals surface area contributed by atoms with E-state index in [-0.39, 0.29) is 5.41 Å². The van der Waals surface area contributed by atoms with Crippen LogP contribution in [0.2, 0.25) is 0 Å². The molecule has 4 aliphatic carbocycles. The fourth-order valence-corrected chi connectivity index (χ4v) is 4.87. The summed E-state index contributed by atoms with van der Waals surface area (Å²) in [5, 5.41) is 3.20. The van der Waals surface area contributed by atoms with Gasteiger partial charge in [-0.1, -0.05) is 13.8 Å². The summed E-state index contributed by atoms with van der Waals surface area (Å²) in [6, 6.07) is 0. The zero-order chi connectivity index (χ0) is 12.0. The fraction of sp³-hybridized carbons (Fsp3) is 0.933. The van der Waals surface area contributed by atoms with Crippen molar-refractivity contribution in [2.45, 2.75) is 52.4 Å². The minimum Gasteiger partial charge on any atom is -0.355 e. The molecule has 4 aliphatic rings. The summed E-state index contributed by atoms with van der Waals surface area (Å²) in [7, 11) is 0. The molecule has 17 heavy (non-hydrogen) atoms. The van der Waals surface area contributed by atoms with Crippen molar-refractivity contribution in [2.24, 2.45) is 29.1 Å². The molecule has 0 aromatic carbocycles. The number of amides is 1. The van der Waals surface area contributed by atoms with Gasteiger partial charge in [-0.05, 0) is 62.2 Å². The Morgan fingerprint density at radius 2 is 1.59 bits per heavy atom. The summed E-state index contributed by atoms with van der Waals surface area (Å²) in [6.45, 7) is 5.18. The van der Waals surface area contributed by atoms with Gasteiger partial charge in [-0.3, -0.25) is 4.79 Å². The molecule has 4 bridgehead atoms. The van der Waals surface area contributed by atoms with E-state index >= 15 is 0 Å². The Bertz CT molecular complexity index is 286. The van der Waals surface area contributed by atoms with Crippen LogP contribution in [0.4, 0.5) is 0 Å². The van der Waals surface area contributed by atoms with Gasteiger partial charge in [0.15, 0.2) is 0 Å². The first-order chi connectivity index (χ1) is 8.07. The molecular formula is C15H25NO. The third-order valence-corrected chi connectivity index (χ3v) is 5.19.